The predicted molar refractivity (Wildman–Crippen MR) is 99.1 cm³/mol. The van der Waals surface area contributed by atoms with E-state index in [-0.39, 0.29) is 24.5 Å². The standard InChI is InChI=1S/C19H24N4O5/c1-12-21-18(22-28-12)11-20-19(25)14-4-5-16(26-3)17(10-14)27-15-6-8-23(9-7-15)13(2)24/h4-5,10,15H,6-9,11H2,1-3H3,(H,20,25). The zero-order valence-corrected chi connectivity index (χ0v) is 16.2. The molecule has 150 valence electrons. The van der Waals surface area contributed by atoms with Crippen molar-refractivity contribution in [2.24, 2.45) is 0 Å². The number of aryl methyl sites for hydroxylation is 1. The van der Waals surface area contributed by atoms with E-state index in [0.29, 0.717) is 41.9 Å². The summed E-state index contributed by atoms with van der Waals surface area (Å²) in [5.41, 5.74) is 0.442. The van der Waals surface area contributed by atoms with E-state index in [0.717, 1.165) is 12.8 Å². The number of ether oxygens (including phenoxy) is 2. The van der Waals surface area contributed by atoms with Gasteiger partial charge in [0, 0.05) is 45.3 Å². The number of amides is 2. The molecule has 9 heteroatoms. The number of hydrogen-bond donors (Lipinski definition) is 1. The molecule has 1 aromatic heterocycles. The number of nitrogens with zero attached hydrogens (tertiary/aromatic N) is 3. The van der Waals surface area contributed by atoms with Gasteiger partial charge in [0.25, 0.3) is 5.91 Å². The molecular formula is C19H24N4O5. The lowest BCUT2D eigenvalue weighted by atomic mass is 10.1. The van der Waals surface area contributed by atoms with Gasteiger partial charge in [0.05, 0.1) is 13.7 Å². The van der Waals surface area contributed by atoms with Crippen LogP contribution in [0.1, 0.15) is 41.8 Å². The number of aromatic nitrogens is 2. The second-order valence-corrected chi connectivity index (χ2v) is 6.60. The number of rotatable bonds is 6. The van der Waals surface area contributed by atoms with Crippen LogP contribution in [0.3, 0.4) is 0 Å². The molecule has 2 aromatic rings. The molecule has 0 spiro atoms. The highest BCUT2D eigenvalue weighted by Crippen LogP contribution is 2.30. The highest BCUT2D eigenvalue weighted by Gasteiger charge is 2.23. The lowest BCUT2D eigenvalue weighted by Crippen LogP contribution is -2.40. The van der Waals surface area contributed by atoms with Gasteiger partial charge in [-0.25, -0.2) is 0 Å². The van der Waals surface area contributed by atoms with Crippen molar-refractivity contribution in [1.82, 2.24) is 20.4 Å². The second-order valence-electron chi connectivity index (χ2n) is 6.60. The third-order valence-corrected chi connectivity index (χ3v) is 4.58. The molecular weight excluding hydrogens is 364 g/mol. The minimum Gasteiger partial charge on any atom is -0.493 e. The first-order valence-corrected chi connectivity index (χ1v) is 9.14. The van der Waals surface area contributed by atoms with Crippen molar-refractivity contribution in [3.8, 4) is 11.5 Å². The first-order valence-electron chi connectivity index (χ1n) is 9.14. The van der Waals surface area contributed by atoms with Crippen LogP contribution in [0.15, 0.2) is 22.7 Å². The SMILES string of the molecule is COc1ccc(C(=O)NCc2noc(C)n2)cc1OC1CCN(C(C)=O)CC1. The number of hydrogen-bond acceptors (Lipinski definition) is 7. The number of methoxy groups -OCH3 is 1. The summed E-state index contributed by atoms with van der Waals surface area (Å²) in [5, 5.41) is 6.50. The zero-order valence-electron chi connectivity index (χ0n) is 16.2. The minimum absolute atomic E-state index is 0.0369. The van der Waals surface area contributed by atoms with Crippen molar-refractivity contribution >= 4 is 11.8 Å². The Labute approximate surface area is 163 Å². The Kier molecular flexibility index (Phi) is 6.13. The van der Waals surface area contributed by atoms with E-state index in [2.05, 4.69) is 15.5 Å². The van der Waals surface area contributed by atoms with Crippen molar-refractivity contribution < 1.29 is 23.6 Å². The molecule has 3 rings (SSSR count). The summed E-state index contributed by atoms with van der Waals surface area (Å²) in [6.45, 7) is 4.75. The third kappa shape index (κ3) is 4.79. The molecule has 0 bridgehead atoms. The van der Waals surface area contributed by atoms with Crippen molar-refractivity contribution in [1.29, 1.82) is 0 Å². The quantitative estimate of drug-likeness (QED) is 0.803. The van der Waals surface area contributed by atoms with Crippen molar-refractivity contribution in [3.63, 3.8) is 0 Å². The molecule has 1 fully saturated rings. The fourth-order valence-electron chi connectivity index (χ4n) is 3.05. The molecule has 9 nitrogen and oxygen atoms in total. The first-order chi connectivity index (χ1) is 13.5. The predicted octanol–water partition coefficient (Wildman–Crippen LogP) is 1.71. The van der Waals surface area contributed by atoms with Gasteiger partial charge >= 0.3 is 0 Å². The molecule has 0 radical (unpaired) electrons. The van der Waals surface area contributed by atoms with Crippen LogP contribution in [0, 0.1) is 6.92 Å². The topological polar surface area (TPSA) is 107 Å². The molecule has 1 aliphatic rings. The summed E-state index contributed by atoms with van der Waals surface area (Å²) in [6, 6.07) is 5.03. The summed E-state index contributed by atoms with van der Waals surface area (Å²) >= 11 is 0. The summed E-state index contributed by atoms with van der Waals surface area (Å²) in [7, 11) is 1.55. The van der Waals surface area contributed by atoms with Gasteiger partial charge in [-0.3, -0.25) is 9.59 Å². The maximum Gasteiger partial charge on any atom is 0.251 e. The minimum atomic E-state index is -0.277. The molecule has 2 heterocycles. The molecule has 0 atom stereocenters. The maximum atomic E-state index is 12.4. The molecule has 1 N–H and O–H groups in total. The highest BCUT2D eigenvalue weighted by molar-refractivity contribution is 5.94. The Bertz CT molecular complexity index is 843. The van der Waals surface area contributed by atoms with Gasteiger partial charge in [-0.15, -0.1) is 0 Å². The molecule has 0 unspecified atom stereocenters. The maximum absolute atomic E-state index is 12.4. The Morgan fingerprint density at radius 1 is 1.29 bits per heavy atom. The molecule has 1 saturated heterocycles. The van der Waals surface area contributed by atoms with Gasteiger partial charge in [0.15, 0.2) is 17.3 Å². The van der Waals surface area contributed by atoms with Crippen LogP contribution in [0.4, 0.5) is 0 Å². The van der Waals surface area contributed by atoms with Crippen LogP contribution in [0.5, 0.6) is 11.5 Å². The van der Waals surface area contributed by atoms with Crippen molar-refractivity contribution in [2.45, 2.75) is 39.3 Å². The fraction of sp³-hybridized carbons (Fsp3) is 0.474. The Morgan fingerprint density at radius 3 is 2.64 bits per heavy atom. The van der Waals surface area contributed by atoms with E-state index >= 15 is 0 Å². The Hall–Kier alpha value is -3.10. The van der Waals surface area contributed by atoms with Crippen LogP contribution in [0.25, 0.3) is 0 Å². The van der Waals surface area contributed by atoms with Crippen molar-refractivity contribution in [2.75, 3.05) is 20.2 Å². The van der Waals surface area contributed by atoms with Crippen molar-refractivity contribution in [3.05, 3.63) is 35.5 Å². The van der Waals surface area contributed by atoms with Crippen LogP contribution in [-0.2, 0) is 11.3 Å². The Balaban J connectivity index is 1.64. The molecule has 1 aliphatic heterocycles. The van der Waals surface area contributed by atoms with E-state index < -0.39 is 0 Å². The zero-order chi connectivity index (χ0) is 20.1. The van der Waals surface area contributed by atoms with E-state index in [1.54, 1.807) is 44.1 Å². The van der Waals surface area contributed by atoms with Crippen LogP contribution in [-0.4, -0.2) is 53.2 Å². The third-order valence-electron chi connectivity index (χ3n) is 4.58. The van der Waals surface area contributed by atoms with E-state index in [4.69, 9.17) is 14.0 Å². The van der Waals surface area contributed by atoms with Gasteiger partial charge < -0.3 is 24.2 Å². The van der Waals surface area contributed by atoms with Gasteiger partial charge in [-0.05, 0) is 18.2 Å². The summed E-state index contributed by atoms with van der Waals surface area (Å²) in [6.07, 6.45) is 1.43. The lowest BCUT2D eigenvalue weighted by molar-refractivity contribution is -0.130. The molecule has 0 saturated carbocycles. The summed E-state index contributed by atoms with van der Waals surface area (Å²) in [4.78, 5) is 29.8. The molecule has 1 aromatic carbocycles. The molecule has 28 heavy (non-hydrogen) atoms. The number of carbonyl (C=O) groups is 2. The number of piperidine rings is 1. The fourth-order valence-corrected chi connectivity index (χ4v) is 3.05. The Morgan fingerprint density at radius 2 is 2.04 bits per heavy atom. The second kappa shape index (κ2) is 8.73. The van der Waals surface area contributed by atoms with Crippen LogP contribution in [0.2, 0.25) is 0 Å². The number of carbonyl (C=O) groups excluding carboxylic acids is 2. The summed E-state index contributed by atoms with van der Waals surface area (Å²) in [5.74, 6) is 1.72. The van der Waals surface area contributed by atoms with Crippen LogP contribution < -0.4 is 14.8 Å². The average Bonchev–Trinajstić information content (AvgIpc) is 3.11. The van der Waals surface area contributed by atoms with E-state index in [1.165, 1.54) is 0 Å². The normalized spacial score (nSPS) is 14.6. The first kappa shape index (κ1) is 19.7. The lowest BCUT2D eigenvalue weighted by Gasteiger charge is -2.31. The summed E-state index contributed by atoms with van der Waals surface area (Å²) < 4.78 is 16.3. The van der Waals surface area contributed by atoms with Gasteiger partial charge in [-0.1, -0.05) is 5.16 Å². The van der Waals surface area contributed by atoms with Crippen LogP contribution >= 0.6 is 0 Å². The van der Waals surface area contributed by atoms with Gasteiger partial charge in [-0.2, -0.15) is 4.98 Å². The number of likely N-dealkylation sites (tertiary alicyclic amines) is 1. The van der Waals surface area contributed by atoms with E-state index in [9.17, 15) is 9.59 Å². The highest BCUT2D eigenvalue weighted by atomic mass is 16.5. The van der Waals surface area contributed by atoms with E-state index in [1.807, 2.05) is 0 Å². The smallest absolute Gasteiger partial charge is 0.251 e. The average molecular weight is 388 g/mol. The van der Waals surface area contributed by atoms with Gasteiger partial charge in [0.1, 0.15) is 6.10 Å². The largest absolute Gasteiger partial charge is 0.493 e. The monoisotopic (exact) mass is 388 g/mol. The molecule has 2 amide bonds. The number of benzene rings is 1. The number of nitrogens with one attached hydrogen (secondary N) is 1. The molecule has 0 aliphatic carbocycles. The van der Waals surface area contributed by atoms with Gasteiger partial charge in [0.2, 0.25) is 11.8 Å².